The summed E-state index contributed by atoms with van der Waals surface area (Å²) in [5, 5.41) is 0.947. The highest BCUT2D eigenvalue weighted by molar-refractivity contribution is 7.89. The number of rotatable bonds is 4. The Morgan fingerprint density at radius 2 is 1.53 bits per heavy atom. The van der Waals surface area contributed by atoms with E-state index in [1.807, 2.05) is 0 Å². The molecule has 0 radical (unpaired) electrons. The van der Waals surface area contributed by atoms with Gasteiger partial charge in [0.2, 0.25) is 10.0 Å². The molecular formula is C13H11Cl2NO2S. The minimum absolute atomic E-state index is 0.136. The van der Waals surface area contributed by atoms with Crippen molar-refractivity contribution in [1.82, 2.24) is 4.72 Å². The SMILES string of the molecule is O=S(=O)(NCc1cc(Cl)cc(Cl)c1)c1ccccc1. The largest absolute Gasteiger partial charge is 0.240 e. The summed E-state index contributed by atoms with van der Waals surface area (Å²) in [5.74, 6) is 0. The fraction of sp³-hybridized carbons (Fsp3) is 0.0769. The van der Waals surface area contributed by atoms with Gasteiger partial charge in [0.1, 0.15) is 0 Å². The van der Waals surface area contributed by atoms with E-state index in [0.29, 0.717) is 15.6 Å². The molecule has 0 aliphatic carbocycles. The summed E-state index contributed by atoms with van der Waals surface area (Å²) in [6, 6.07) is 13.1. The Bertz CT molecular complexity index is 652. The van der Waals surface area contributed by atoms with E-state index in [9.17, 15) is 8.42 Å². The lowest BCUT2D eigenvalue weighted by atomic mass is 10.2. The van der Waals surface area contributed by atoms with E-state index in [2.05, 4.69) is 4.72 Å². The van der Waals surface area contributed by atoms with Gasteiger partial charge in [0.15, 0.2) is 0 Å². The van der Waals surface area contributed by atoms with Gasteiger partial charge in [0.25, 0.3) is 0 Å². The second-order valence-electron chi connectivity index (χ2n) is 3.92. The van der Waals surface area contributed by atoms with Gasteiger partial charge in [-0.2, -0.15) is 0 Å². The molecule has 0 aromatic heterocycles. The lowest BCUT2D eigenvalue weighted by molar-refractivity contribution is 0.581. The lowest BCUT2D eigenvalue weighted by Gasteiger charge is -2.07. The minimum atomic E-state index is -3.52. The number of hydrogen-bond donors (Lipinski definition) is 1. The zero-order valence-corrected chi connectivity index (χ0v) is 12.1. The normalized spacial score (nSPS) is 11.5. The maximum atomic E-state index is 12.0. The lowest BCUT2D eigenvalue weighted by Crippen LogP contribution is -2.23. The van der Waals surface area contributed by atoms with Gasteiger partial charge in [-0.25, -0.2) is 13.1 Å². The predicted molar refractivity (Wildman–Crippen MR) is 76.9 cm³/mol. The molecule has 1 N–H and O–H groups in total. The molecule has 6 heteroatoms. The van der Waals surface area contributed by atoms with Crippen LogP contribution in [0, 0.1) is 0 Å². The standard InChI is InChI=1S/C13H11Cl2NO2S/c14-11-6-10(7-12(15)8-11)9-16-19(17,18)13-4-2-1-3-5-13/h1-8,16H,9H2. The fourth-order valence-corrected chi connectivity index (χ4v) is 3.18. The molecule has 0 aliphatic rings. The summed E-state index contributed by atoms with van der Waals surface area (Å²) < 4.78 is 26.5. The number of nitrogens with one attached hydrogen (secondary N) is 1. The van der Waals surface area contributed by atoms with Crippen molar-refractivity contribution in [2.45, 2.75) is 11.4 Å². The smallest absolute Gasteiger partial charge is 0.207 e. The molecule has 0 amide bonds. The van der Waals surface area contributed by atoms with Crippen molar-refractivity contribution in [1.29, 1.82) is 0 Å². The van der Waals surface area contributed by atoms with Gasteiger partial charge in [-0.05, 0) is 35.9 Å². The molecule has 0 saturated heterocycles. The molecule has 2 aromatic rings. The Hall–Kier alpha value is -1.07. The second kappa shape index (κ2) is 5.92. The van der Waals surface area contributed by atoms with Gasteiger partial charge < -0.3 is 0 Å². The summed E-state index contributed by atoms with van der Waals surface area (Å²) in [4.78, 5) is 0.225. The van der Waals surface area contributed by atoms with Gasteiger partial charge in [-0.1, -0.05) is 41.4 Å². The highest BCUT2D eigenvalue weighted by Crippen LogP contribution is 2.19. The van der Waals surface area contributed by atoms with E-state index in [1.54, 1.807) is 36.4 Å². The highest BCUT2D eigenvalue weighted by Gasteiger charge is 2.12. The first-order valence-electron chi connectivity index (χ1n) is 5.47. The topological polar surface area (TPSA) is 46.2 Å². The van der Waals surface area contributed by atoms with Crippen molar-refractivity contribution in [3.63, 3.8) is 0 Å². The molecule has 2 rings (SSSR count). The summed E-state index contributed by atoms with van der Waals surface area (Å²) >= 11 is 11.7. The van der Waals surface area contributed by atoms with Crippen LogP contribution in [0.4, 0.5) is 0 Å². The number of benzene rings is 2. The molecule has 0 unspecified atom stereocenters. The molecule has 0 atom stereocenters. The van der Waals surface area contributed by atoms with Crippen LogP contribution < -0.4 is 4.72 Å². The first-order chi connectivity index (χ1) is 8.97. The third-order valence-electron chi connectivity index (χ3n) is 2.44. The molecule has 0 heterocycles. The Morgan fingerprint density at radius 3 is 2.11 bits per heavy atom. The Kier molecular flexibility index (Phi) is 4.47. The minimum Gasteiger partial charge on any atom is -0.207 e. The van der Waals surface area contributed by atoms with E-state index in [-0.39, 0.29) is 11.4 Å². The van der Waals surface area contributed by atoms with Crippen LogP contribution in [-0.4, -0.2) is 8.42 Å². The van der Waals surface area contributed by atoms with Crippen LogP contribution in [0.15, 0.2) is 53.4 Å². The van der Waals surface area contributed by atoms with E-state index >= 15 is 0 Å². The van der Waals surface area contributed by atoms with Gasteiger partial charge in [-0.15, -0.1) is 0 Å². The maximum absolute atomic E-state index is 12.0. The molecular weight excluding hydrogens is 305 g/mol. The van der Waals surface area contributed by atoms with Crippen molar-refractivity contribution in [3.8, 4) is 0 Å². The molecule has 0 aliphatic heterocycles. The van der Waals surface area contributed by atoms with Crippen LogP contribution in [0.1, 0.15) is 5.56 Å². The average Bonchev–Trinajstić information content (AvgIpc) is 2.37. The van der Waals surface area contributed by atoms with Crippen LogP contribution in [0.3, 0.4) is 0 Å². The van der Waals surface area contributed by atoms with Gasteiger partial charge >= 0.3 is 0 Å². The van der Waals surface area contributed by atoms with E-state index < -0.39 is 10.0 Å². The molecule has 0 bridgehead atoms. The van der Waals surface area contributed by atoms with Crippen molar-refractivity contribution in [2.75, 3.05) is 0 Å². The van der Waals surface area contributed by atoms with Gasteiger partial charge in [-0.3, -0.25) is 0 Å². The van der Waals surface area contributed by atoms with Crippen LogP contribution in [0.25, 0.3) is 0 Å². The zero-order valence-electron chi connectivity index (χ0n) is 9.81. The zero-order chi connectivity index (χ0) is 13.9. The molecule has 100 valence electrons. The van der Waals surface area contributed by atoms with Crippen molar-refractivity contribution in [2.24, 2.45) is 0 Å². The average molecular weight is 316 g/mol. The van der Waals surface area contributed by atoms with Crippen LogP contribution in [-0.2, 0) is 16.6 Å². The summed E-state index contributed by atoms with van der Waals surface area (Å²) in [7, 11) is -3.52. The van der Waals surface area contributed by atoms with Gasteiger partial charge in [0.05, 0.1) is 4.90 Å². The third-order valence-corrected chi connectivity index (χ3v) is 4.30. The number of halogens is 2. The van der Waals surface area contributed by atoms with E-state index in [4.69, 9.17) is 23.2 Å². The Balaban J connectivity index is 2.14. The highest BCUT2D eigenvalue weighted by atomic mass is 35.5. The predicted octanol–water partition coefficient (Wildman–Crippen LogP) is 3.47. The summed E-state index contributed by atoms with van der Waals surface area (Å²) in [6.45, 7) is 0.136. The maximum Gasteiger partial charge on any atom is 0.240 e. The molecule has 19 heavy (non-hydrogen) atoms. The van der Waals surface area contributed by atoms with E-state index in [1.165, 1.54) is 12.1 Å². The first kappa shape index (κ1) is 14.3. The molecule has 0 fully saturated rings. The van der Waals surface area contributed by atoms with Crippen LogP contribution in [0.2, 0.25) is 10.0 Å². The summed E-state index contributed by atoms with van der Waals surface area (Å²) in [6.07, 6.45) is 0. The second-order valence-corrected chi connectivity index (χ2v) is 6.56. The Labute approximate surface area is 122 Å². The van der Waals surface area contributed by atoms with Crippen LogP contribution in [0.5, 0.6) is 0 Å². The molecule has 0 spiro atoms. The first-order valence-corrected chi connectivity index (χ1v) is 7.71. The van der Waals surface area contributed by atoms with E-state index in [0.717, 1.165) is 0 Å². The fourth-order valence-electron chi connectivity index (χ4n) is 1.57. The summed E-state index contributed by atoms with van der Waals surface area (Å²) in [5.41, 5.74) is 0.706. The van der Waals surface area contributed by atoms with Crippen molar-refractivity contribution < 1.29 is 8.42 Å². The number of sulfonamides is 1. The monoisotopic (exact) mass is 315 g/mol. The number of hydrogen-bond acceptors (Lipinski definition) is 2. The molecule has 0 saturated carbocycles. The quantitative estimate of drug-likeness (QED) is 0.939. The van der Waals surface area contributed by atoms with Crippen LogP contribution >= 0.6 is 23.2 Å². The van der Waals surface area contributed by atoms with Gasteiger partial charge in [0, 0.05) is 16.6 Å². The Morgan fingerprint density at radius 1 is 0.947 bits per heavy atom. The molecule has 3 nitrogen and oxygen atoms in total. The van der Waals surface area contributed by atoms with Crippen molar-refractivity contribution in [3.05, 3.63) is 64.1 Å². The molecule has 2 aromatic carbocycles. The third kappa shape index (κ3) is 3.94. The van der Waals surface area contributed by atoms with Crippen molar-refractivity contribution >= 4 is 33.2 Å².